The first-order chi connectivity index (χ1) is 9.39. The Labute approximate surface area is 124 Å². The van der Waals surface area contributed by atoms with Gasteiger partial charge in [0.2, 0.25) is 0 Å². The van der Waals surface area contributed by atoms with Gasteiger partial charge in [0, 0.05) is 23.6 Å². The number of halogens is 1. The first kappa shape index (κ1) is 15.1. The van der Waals surface area contributed by atoms with Gasteiger partial charge in [-0.2, -0.15) is 0 Å². The maximum absolute atomic E-state index is 11.8. The normalized spacial score (nSPS) is 29.9. The molecule has 0 spiro atoms. The molecule has 1 heterocycles. The van der Waals surface area contributed by atoms with E-state index in [4.69, 9.17) is 16.3 Å². The molecule has 2 N–H and O–H groups in total. The summed E-state index contributed by atoms with van der Waals surface area (Å²) in [6.45, 7) is 4.41. The van der Waals surface area contributed by atoms with Gasteiger partial charge in [0.25, 0.3) is 0 Å². The van der Waals surface area contributed by atoms with Crippen LogP contribution in [-0.4, -0.2) is 28.8 Å². The van der Waals surface area contributed by atoms with Crippen molar-refractivity contribution >= 4 is 23.3 Å². The predicted molar refractivity (Wildman–Crippen MR) is 79.3 cm³/mol. The second kappa shape index (κ2) is 5.62. The maximum atomic E-state index is 11.8. The van der Waals surface area contributed by atoms with E-state index in [1.165, 1.54) is 0 Å². The van der Waals surface area contributed by atoms with Crippen LogP contribution < -0.4 is 5.32 Å². The van der Waals surface area contributed by atoms with Gasteiger partial charge in [0.15, 0.2) is 0 Å². The van der Waals surface area contributed by atoms with E-state index in [0.717, 1.165) is 12.1 Å². The summed E-state index contributed by atoms with van der Waals surface area (Å²) in [6, 6.07) is 7.14. The lowest BCUT2D eigenvalue weighted by Gasteiger charge is -2.44. The summed E-state index contributed by atoms with van der Waals surface area (Å²) in [7, 11) is 0. The molecule has 1 saturated heterocycles. The molecule has 1 fully saturated rings. The number of carboxylic acid groups (broad SMARTS) is 1. The Kier molecular flexibility index (Phi) is 4.25. The van der Waals surface area contributed by atoms with E-state index in [1.54, 1.807) is 18.2 Å². The Hall–Kier alpha value is -1.26. The third-order valence-electron chi connectivity index (χ3n) is 4.02. The third-order valence-corrected chi connectivity index (χ3v) is 4.26. The minimum atomic E-state index is -1.01. The fraction of sp³-hybridized carbons (Fsp3) is 0.533. The molecule has 1 aromatic rings. The second-order valence-corrected chi connectivity index (χ2v) is 6.04. The predicted octanol–water partition coefficient (Wildman–Crippen LogP) is 3.55. The van der Waals surface area contributed by atoms with Crippen LogP contribution in [0, 0.1) is 0 Å². The minimum Gasteiger partial charge on any atom is -0.480 e. The highest BCUT2D eigenvalue weighted by Gasteiger charge is 2.47. The molecule has 5 heteroatoms. The van der Waals surface area contributed by atoms with Gasteiger partial charge in [-0.05, 0) is 31.5 Å². The number of hydrogen-bond donors (Lipinski definition) is 2. The molecule has 0 amide bonds. The summed E-state index contributed by atoms with van der Waals surface area (Å²) in [5.74, 6) is -0.847. The largest absolute Gasteiger partial charge is 0.480 e. The Morgan fingerprint density at radius 2 is 2.30 bits per heavy atom. The van der Waals surface area contributed by atoms with E-state index in [0.29, 0.717) is 24.5 Å². The number of ether oxygens (including phenoxy) is 1. The molecule has 110 valence electrons. The summed E-state index contributed by atoms with van der Waals surface area (Å²) in [5, 5.41) is 13.4. The van der Waals surface area contributed by atoms with Crippen LogP contribution in [0.1, 0.15) is 33.1 Å². The van der Waals surface area contributed by atoms with Crippen molar-refractivity contribution in [2.24, 2.45) is 0 Å². The number of anilines is 1. The molecule has 0 bridgehead atoms. The number of benzene rings is 1. The van der Waals surface area contributed by atoms with Crippen LogP contribution in [0.3, 0.4) is 0 Å². The SMILES string of the molecule is CCC1(C)CC(Nc2cccc(Cl)c2)(C(=O)O)CCO1. The van der Waals surface area contributed by atoms with Crippen molar-refractivity contribution in [3.05, 3.63) is 29.3 Å². The van der Waals surface area contributed by atoms with Gasteiger partial charge in [0.1, 0.15) is 5.54 Å². The summed E-state index contributed by atoms with van der Waals surface area (Å²) < 4.78 is 5.75. The van der Waals surface area contributed by atoms with Gasteiger partial charge in [-0.1, -0.05) is 24.6 Å². The van der Waals surface area contributed by atoms with Crippen molar-refractivity contribution in [1.29, 1.82) is 0 Å². The molecule has 0 saturated carbocycles. The smallest absolute Gasteiger partial charge is 0.329 e. The molecule has 1 aromatic carbocycles. The number of hydrogen-bond acceptors (Lipinski definition) is 3. The fourth-order valence-electron chi connectivity index (χ4n) is 2.66. The van der Waals surface area contributed by atoms with Gasteiger partial charge in [-0.25, -0.2) is 4.79 Å². The lowest BCUT2D eigenvalue weighted by Crippen LogP contribution is -2.56. The first-order valence-corrected chi connectivity index (χ1v) is 7.18. The van der Waals surface area contributed by atoms with E-state index in [9.17, 15) is 9.90 Å². The highest BCUT2D eigenvalue weighted by molar-refractivity contribution is 6.30. The molecule has 2 unspecified atom stereocenters. The van der Waals surface area contributed by atoms with Gasteiger partial charge in [-0.3, -0.25) is 0 Å². The van der Waals surface area contributed by atoms with Gasteiger partial charge in [-0.15, -0.1) is 0 Å². The van der Waals surface area contributed by atoms with Gasteiger partial charge < -0.3 is 15.2 Å². The Balaban J connectivity index is 2.28. The Bertz CT molecular complexity index is 508. The Morgan fingerprint density at radius 1 is 1.55 bits per heavy atom. The lowest BCUT2D eigenvalue weighted by molar-refractivity contribution is -0.154. The van der Waals surface area contributed by atoms with Crippen LogP contribution in [0.5, 0.6) is 0 Å². The average molecular weight is 298 g/mol. The molecule has 0 radical (unpaired) electrons. The molecule has 0 aromatic heterocycles. The molecule has 0 aliphatic carbocycles. The fourth-order valence-corrected chi connectivity index (χ4v) is 2.85. The molecule has 2 rings (SSSR count). The zero-order valence-corrected chi connectivity index (χ0v) is 12.5. The van der Waals surface area contributed by atoms with Crippen molar-refractivity contribution in [2.75, 3.05) is 11.9 Å². The highest BCUT2D eigenvalue weighted by Crippen LogP contribution is 2.37. The molecular formula is C15H20ClNO3. The zero-order valence-electron chi connectivity index (χ0n) is 11.8. The topological polar surface area (TPSA) is 58.6 Å². The van der Waals surface area contributed by atoms with Crippen LogP contribution in [-0.2, 0) is 9.53 Å². The van der Waals surface area contributed by atoms with Crippen LogP contribution in [0.2, 0.25) is 5.02 Å². The molecular weight excluding hydrogens is 278 g/mol. The standard InChI is InChI=1S/C15H20ClNO3/c1-3-14(2)10-15(13(18)19,7-8-20-14)17-12-6-4-5-11(16)9-12/h4-6,9,17H,3,7-8,10H2,1-2H3,(H,18,19). The van der Waals surface area contributed by atoms with Gasteiger partial charge in [0.05, 0.1) is 12.2 Å². The Morgan fingerprint density at radius 3 is 2.90 bits per heavy atom. The second-order valence-electron chi connectivity index (χ2n) is 5.60. The lowest BCUT2D eigenvalue weighted by atomic mass is 9.79. The van der Waals surface area contributed by atoms with E-state index >= 15 is 0 Å². The van der Waals surface area contributed by atoms with Crippen molar-refractivity contribution in [2.45, 2.75) is 44.2 Å². The number of nitrogens with one attached hydrogen (secondary N) is 1. The van der Waals surface area contributed by atoms with Crippen LogP contribution in [0.15, 0.2) is 24.3 Å². The monoisotopic (exact) mass is 297 g/mol. The van der Waals surface area contributed by atoms with Crippen molar-refractivity contribution in [3.8, 4) is 0 Å². The van der Waals surface area contributed by atoms with E-state index in [1.807, 2.05) is 19.9 Å². The molecule has 4 nitrogen and oxygen atoms in total. The number of rotatable bonds is 4. The zero-order chi connectivity index (χ0) is 14.8. The van der Waals surface area contributed by atoms with Crippen LogP contribution in [0.25, 0.3) is 0 Å². The van der Waals surface area contributed by atoms with E-state index in [-0.39, 0.29) is 0 Å². The quantitative estimate of drug-likeness (QED) is 0.892. The highest BCUT2D eigenvalue weighted by atomic mass is 35.5. The van der Waals surface area contributed by atoms with Crippen LogP contribution >= 0.6 is 11.6 Å². The minimum absolute atomic E-state index is 0.414. The van der Waals surface area contributed by atoms with E-state index < -0.39 is 17.1 Å². The molecule has 1 aliphatic rings. The number of aliphatic carboxylic acids is 1. The summed E-state index contributed by atoms with van der Waals surface area (Å²) >= 11 is 5.96. The van der Waals surface area contributed by atoms with Crippen molar-refractivity contribution in [3.63, 3.8) is 0 Å². The summed E-state index contributed by atoms with van der Waals surface area (Å²) in [6.07, 6.45) is 1.64. The van der Waals surface area contributed by atoms with Crippen LogP contribution in [0.4, 0.5) is 5.69 Å². The van der Waals surface area contributed by atoms with Crippen molar-refractivity contribution in [1.82, 2.24) is 0 Å². The average Bonchev–Trinajstić information content (AvgIpc) is 2.38. The van der Waals surface area contributed by atoms with Gasteiger partial charge >= 0.3 is 5.97 Å². The molecule has 1 aliphatic heterocycles. The van der Waals surface area contributed by atoms with Crippen molar-refractivity contribution < 1.29 is 14.6 Å². The molecule has 20 heavy (non-hydrogen) atoms. The summed E-state index contributed by atoms with van der Waals surface area (Å²) in [5.41, 5.74) is -0.698. The number of carboxylic acids is 1. The third kappa shape index (κ3) is 3.07. The first-order valence-electron chi connectivity index (χ1n) is 6.80. The number of carbonyl (C=O) groups is 1. The summed E-state index contributed by atoms with van der Waals surface area (Å²) in [4.78, 5) is 11.8. The maximum Gasteiger partial charge on any atom is 0.329 e. The molecule has 2 atom stereocenters. The van der Waals surface area contributed by atoms with E-state index in [2.05, 4.69) is 5.32 Å².